The van der Waals surface area contributed by atoms with E-state index in [0.29, 0.717) is 50.2 Å². The first-order chi connectivity index (χ1) is 15.6. The molecule has 1 atom stereocenters. The summed E-state index contributed by atoms with van der Waals surface area (Å²) in [7, 11) is 0. The summed E-state index contributed by atoms with van der Waals surface area (Å²) in [5.74, 6) is 1.63. The maximum atomic E-state index is 12.4. The third-order valence-electron chi connectivity index (χ3n) is 5.48. The first-order valence-electron chi connectivity index (χ1n) is 10.9. The molecule has 10 heteroatoms. The molecule has 1 aromatic carbocycles. The van der Waals surface area contributed by atoms with Gasteiger partial charge in [0.1, 0.15) is 6.26 Å². The van der Waals surface area contributed by atoms with Crippen molar-refractivity contribution < 1.29 is 28.5 Å². The Hall–Kier alpha value is -2.66. The molecule has 3 heterocycles. The molecule has 1 amide bonds. The van der Waals surface area contributed by atoms with Gasteiger partial charge in [0.05, 0.1) is 19.3 Å². The van der Waals surface area contributed by atoms with Gasteiger partial charge in [-0.1, -0.05) is 6.07 Å². The molecule has 0 aliphatic carbocycles. The van der Waals surface area contributed by atoms with Gasteiger partial charge in [0.15, 0.2) is 17.2 Å². The van der Waals surface area contributed by atoms with Crippen LogP contribution in [-0.2, 0) is 17.8 Å². The van der Waals surface area contributed by atoms with E-state index >= 15 is 0 Å². The van der Waals surface area contributed by atoms with E-state index < -0.39 is 6.10 Å². The minimum absolute atomic E-state index is 0.220. The van der Waals surface area contributed by atoms with E-state index in [0.717, 1.165) is 31.7 Å². The smallest absolute Gasteiger partial charge is 0.273 e. The van der Waals surface area contributed by atoms with E-state index in [1.165, 1.54) is 6.26 Å². The Morgan fingerprint density at radius 3 is 2.81 bits per heavy atom. The van der Waals surface area contributed by atoms with Crippen LogP contribution in [0.15, 0.2) is 28.9 Å². The van der Waals surface area contributed by atoms with E-state index in [1.54, 1.807) is 0 Å². The highest BCUT2D eigenvalue weighted by Crippen LogP contribution is 2.32. The molecule has 2 aromatic rings. The Kier molecular flexibility index (Phi) is 7.59. The molecule has 1 aromatic heterocycles. The molecule has 0 saturated carbocycles. The number of piperazine rings is 1. The lowest BCUT2D eigenvalue weighted by Crippen LogP contribution is -2.48. The van der Waals surface area contributed by atoms with Crippen molar-refractivity contribution in [2.45, 2.75) is 26.1 Å². The van der Waals surface area contributed by atoms with Gasteiger partial charge >= 0.3 is 0 Å². The van der Waals surface area contributed by atoms with Crippen molar-refractivity contribution in [2.24, 2.45) is 0 Å². The highest BCUT2D eigenvalue weighted by Gasteiger charge is 2.21. The fraction of sp³-hybridized carbons (Fsp3) is 0.545. The van der Waals surface area contributed by atoms with Crippen LogP contribution in [0, 0.1) is 0 Å². The molecule has 2 N–H and O–H groups in total. The van der Waals surface area contributed by atoms with Gasteiger partial charge in [0.2, 0.25) is 12.7 Å². The highest BCUT2D eigenvalue weighted by molar-refractivity contribution is 5.91. The number of β-amino-alcohol motifs (C(OH)–C–C–N with tert-alkyl or cyclic N) is 1. The summed E-state index contributed by atoms with van der Waals surface area (Å²) < 4.78 is 21.4. The SMILES string of the molecule is CCOC[C@H](O)CN1CCN(Cc2nc(C(=O)NCc3ccc4c(c3)OCO4)co2)CC1. The number of aliphatic hydroxyl groups is 1. The maximum Gasteiger partial charge on any atom is 0.273 e. The number of rotatable bonds is 10. The van der Waals surface area contributed by atoms with Crippen LogP contribution in [0.4, 0.5) is 0 Å². The van der Waals surface area contributed by atoms with Crippen molar-refractivity contribution in [2.75, 3.05) is 52.7 Å². The number of nitrogens with zero attached hydrogens (tertiary/aromatic N) is 3. The predicted octanol–water partition coefficient (Wildman–Crippen LogP) is 0.848. The Balaban J connectivity index is 1.20. The van der Waals surface area contributed by atoms with Crippen LogP contribution in [0.5, 0.6) is 11.5 Å². The summed E-state index contributed by atoms with van der Waals surface area (Å²) in [6.07, 6.45) is 0.928. The Morgan fingerprint density at radius 1 is 1.22 bits per heavy atom. The Morgan fingerprint density at radius 2 is 2.00 bits per heavy atom. The fourth-order valence-corrected chi connectivity index (χ4v) is 3.74. The van der Waals surface area contributed by atoms with Crippen LogP contribution in [0.3, 0.4) is 0 Å². The van der Waals surface area contributed by atoms with Crippen LogP contribution in [-0.4, -0.2) is 84.6 Å². The molecular weight excluding hydrogens is 416 g/mol. The number of aromatic nitrogens is 1. The number of ether oxygens (including phenoxy) is 3. The van der Waals surface area contributed by atoms with E-state index in [2.05, 4.69) is 20.1 Å². The molecule has 174 valence electrons. The molecule has 0 spiro atoms. The molecule has 4 rings (SSSR count). The number of oxazole rings is 1. The van der Waals surface area contributed by atoms with Crippen LogP contribution < -0.4 is 14.8 Å². The number of aliphatic hydroxyl groups excluding tert-OH is 1. The summed E-state index contributed by atoms with van der Waals surface area (Å²) in [6, 6.07) is 5.57. The van der Waals surface area contributed by atoms with Gasteiger partial charge in [0.25, 0.3) is 5.91 Å². The number of benzene rings is 1. The molecule has 1 saturated heterocycles. The van der Waals surface area contributed by atoms with Gasteiger partial charge < -0.3 is 29.1 Å². The van der Waals surface area contributed by atoms with Gasteiger partial charge in [-0.15, -0.1) is 0 Å². The van der Waals surface area contributed by atoms with Crippen LogP contribution in [0.25, 0.3) is 0 Å². The van der Waals surface area contributed by atoms with Crippen molar-refractivity contribution >= 4 is 5.91 Å². The molecular formula is C22H30N4O6. The molecule has 10 nitrogen and oxygen atoms in total. The number of fused-ring (bicyclic) bond motifs is 1. The van der Waals surface area contributed by atoms with Crippen LogP contribution >= 0.6 is 0 Å². The second-order valence-corrected chi connectivity index (χ2v) is 7.89. The summed E-state index contributed by atoms with van der Waals surface area (Å²) in [5.41, 5.74) is 1.17. The number of amides is 1. The molecule has 2 aliphatic heterocycles. The number of carbonyl (C=O) groups excluding carboxylic acids is 1. The van der Waals surface area contributed by atoms with Crippen LogP contribution in [0.2, 0.25) is 0 Å². The monoisotopic (exact) mass is 446 g/mol. The van der Waals surface area contributed by atoms with E-state index in [4.69, 9.17) is 18.6 Å². The van der Waals surface area contributed by atoms with Gasteiger partial charge in [0, 0.05) is 45.9 Å². The van der Waals surface area contributed by atoms with Gasteiger partial charge in [-0.3, -0.25) is 14.6 Å². The van der Waals surface area contributed by atoms with Gasteiger partial charge in [-0.2, -0.15) is 0 Å². The fourth-order valence-electron chi connectivity index (χ4n) is 3.74. The standard InChI is InChI=1S/C22H30N4O6/c1-2-29-13-17(27)11-25-5-7-26(8-6-25)12-21-24-18(14-30-21)22(28)23-10-16-3-4-19-20(9-16)32-15-31-19/h3-4,9,14,17,27H,2,5-8,10-13,15H2,1H3,(H,23,28)/t17-/m1/s1. The topological polar surface area (TPSA) is 110 Å². The largest absolute Gasteiger partial charge is 0.454 e. The third-order valence-corrected chi connectivity index (χ3v) is 5.48. The summed E-state index contributed by atoms with van der Waals surface area (Å²) in [6.45, 7) is 8.02. The van der Waals surface area contributed by atoms with Crippen molar-refractivity contribution in [1.29, 1.82) is 0 Å². The van der Waals surface area contributed by atoms with Gasteiger partial charge in [-0.25, -0.2) is 4.98 Å². The average Bonchev–Trinajstić information content (AvgIpc) is 3.46. The minimum atomic E-state index is -0.466. The first-order valence-corrected chi connectivity index (χ1v) is 10.9. The first kappa shape index (κ1) is 22.5. The second kappa shape index (κ2) is 10.8. The second-order valence-electron chi connectivity index (χ2n) is 7.89. The quantitative estimate of drug-likeness (QED) is 0.549. The molecule has 1 fully saturated rings. The third kappa shape index (κ3) is 5.98. The maximum absolute atomic E-state index is 12.4. The molecule has 0 radical (unpaired) electrons. The molecule has 32 heavy (non-hydrogen) atoms. The highest BCUT2D eigenvalue weighted by atomic mass is 16.7. The zero-order chi connectivity index (χ0) is 22.3. The van der Waals surface area contributed by atoms with Crippen molar-refractivity contribution in [1.82, 2.24) is 20.1 Å². The van der Waals surface area contributed by atoms with E-state index in [9.17, 15) is 9.90 Å². The summed E-state index contributed by atoms with van der Waals surface area (Å²) in [5, 5.41) is 12.8. The molecule has 2 aliphatic rings. The summed E-state index contributed by atoms with van der Waals surface area (Å²) >= 11 is 0. The Labute approximate surface area is 187 Å². The number of hydrogen-bond donors (Lipinski definition) is 2. The Bertz CT molecular complexity index is 896. The number of nitrogens with one attached hydrogen (secondary N) is 1. The lowest BCUT2D eigenvalue weighted by Gasteiger charge is -2.34. The lowest BCUT2D eigenvalue weighted by atomic mass is 10.2. The molecule has 0 unspecified atom stereocenters. The van der Waals surface area contributed by atoms with E-state index in [-0.39, 0.29) is 18.4 Å². The lowest BCUT2D eigenvalue weighted by molar-refractivity contribution is 0.00949. The van der Waals surface area contributed by atoms with Crippen molar-refractivity contribution in [3.63, 3.8) is 0 Å². The zero-order valence-corrected chi connectivity index (χ0v) is 18.3. The van der Waals surface area contributed by atoms with Crippen molar-refractivity contribution in [3.8, 4) is 11.5 Å². The number of carbonyl (C=O) groups is 1. The molecule has 0 bridgehead atoms. The summed E-state index contributed by atoms with van der Waals surface area (Å²) in [4.78, 5) is 21.2. The zero-order valence-electron chi connectivity index (χ0n) is 18.3. The van der Waals surface area contributed by atoms with Crippen LogP contribution in [0.1, 0.15) is 28.9 Å². The minimum Gasteiger partial charge on any atom is -0.454 e. The number of hydrogen-bond acceptors (Lipinski definition) is 9. The average molecular weight is 447 g/mol. The van der Waals surface area contributed by atoms with E-state index in [1.807, 2.05) is 25.1 Å². The predicted molar refractivity (Wildman–Crippen MR) is 114 cm³/mol. The van der Waals surface area contributed by atoms with Crippen molar-refractivity contribution in [3.05, 3.63) is 41.6 Å². The van der Waals surface area contributed by atoms with Gasteiger partial charge in [-0.05, 0) is 24.6 Å². The normalized spacial score (nSPS) is 17.4.